The van der Waals surface area contributed by atoms with E-state index in [2.05, 4.69) is 32.3 Å². The van der Waals surface area contributed by atoms with E-state index >= 15 is 0 Å². The van der Waals surface area contributed by atoms with Crippen molar-refractivity contribution in [2.24, 2.45) is 0 Å². The van der Waals surface area contributed by atoms with Gasteiger partial charge in [0, 0.05) is 18.3 Å². The number of nitrogens with one attached hydrogen (secondary N) is 1. The summed E-state index contributed by atoms with van der Waals surface area (Å²) in [5.74, 6) is 1.64. The monoisotopic (exact) mass is 326 g/mol. The van der Waals surface area contributed by atoms with Crippen LogP contribution in [0.2, 0.25) is 0 Å². The minimum absolute atomic E-state index is 0.312. The Bertz CT molecular complexity index is 585. The van der Waals surface area contributed by atoms with E-state index in [1.54, 1.807) is 11.3 Å². The van der Waals surface area contributed by atoms with Crippen LogP contribution in [0.4, 0.5) is 5.13 Å². The zero-order chi connectivity index (χ0) is 12.5. The van der Waals surface area contributed by atoms with Crippen LogP contribution in [0.5, 0.6) is 11.5 Å². The maximum absolute atomic E-state index is 5.37. The minimum atomic E-state index is 0.312. The molecule has 0 aliphatic carbocycles. The van der Waals surface area contributed by atoms with Gasteiger partial charge in [-0.15, -0.1) is 11.3 Å². The maximum atomic E-state index is 5.37. The Morgan fingerprint density at radius 3 is 3.00 bits per heavy atom. The van der Waals surface area contributed by atoms with Crippen LogP contribution in [0.15, 0.2) is 22.8 Å². The number of hydrogen-bond donors (Lipinski definition) is 1. The molecule has 1 aliphatic heterocycles. The van der Waals surface area contributed by atoms with E-state index in [-0.39, 0.29) is 0 Å². The molecule has 0 radical (unpaired) electrons. The first-order valence-electron chi connectivity index (χ1n) is 5.48. The molecule has 0 fully saturated rings. The van der Waals surface area contributed by atoms with Gasteiger partial charge in [-0.2, -0.15) is 0 Å². The fourth-order valence-corrected chi connectivity index (χ4v) is 3.30. The van der Waals surface area contributed by atoms with Crippen molar-refractivity contribution in [3.05, 3.63) is 33.2 Å². The standard InChI is InChI=1S/C12H11BrN2O2S/c1-14-12-15-11(13)10(18-12)5-7-2-3-8-9(4-7)17-6-16-8/h2-4H,5-6H2,1H3,(H,14,15). The highest BCUT2D eigenvalue weighted by Gasteiger charge is 2.15. The lowest BCUT2D eigenvalue weighted by Gasteiger charge is -2.01. The molecule has 0 saturated heterocycles. The summed E-state index contributed by atoms with van der Waals surface area (Å²) in [6, 6.07) is 6.03. The number of anilines is 1. The van der Waals surface area contributed by atoms with E-state index in [1.807, 2.05) is 19.2 Å². The summed E-state index contributed by atoms with van der Waals surface area (Å²) in [6.45, 7) is 0.312. The van der Waals surface area contributed by atoms with Gasteiger partial charge in [0.1, 0.15) is 4.60 Å². The molecule has 1 aromatic carbocycles. The molecule has 2 heterocycles. The number of halogens is 1. The van der Waals surface area contributed by atoms with Crippen molar-refractivity contribution in [2.75, 3.05) is 19.2 Å². The molecule has 0 amide bonds. The Kier molecular flexibility index (Phi) is 3.13. The van der Waals surface area contributed by atoms with Crippen molar-refractivity contribution in [2.45, 2.75) is 6.42 Å². The van der Waals surface area contributed by atoms with Gasteiger partial charge < -0.3 is 14.8 Å². The first kappa shape index (κ1) is 11.8. The Balaban J connectivity index is 1.85. The van der Waals surface area contributed by atoms with E-state index < -0.39 is 0 Å². The lowest BCUT2D eigenvalue weighted by atomic mass is 10.1. The average Bonchev–Trinajstić information content (AvgIpc) is 2.96. The summed E-state index contributed by atoms with van der Waals surface area (Å²) in [5.41, 5.74) is 1.19. The van der Waals surface area contributed by atoms with Gasteiger partial charge in [0.15, 0.2) is 16.6 Å². The van der Waals surface area contributed by atoms with E-state index in [1.165, 1.54) is 10.4 Å². The first-order chi connectivity index (χ1) is 8.76. The molecular weight excluding hydrogens is 316 g/mol. The van der Waals surface area contributed by atoms with Gasteiger partial charge in [-0.05, 0) is 33.6 Å². The average molecular weight is 327 g/mol. The predicted molar refractivity (Wildman–Crippen MR) is 74.7 cm³/mol. The van der Waals surface area contributed by atoms with Crippen LogP contribution in [0, 0.1) is 0 Å². The Morgan fingerprint density at radius 2 is 2.22 bits per heavy atom. The summed E-state index contributed by atoms with van der Waals surface area (Å²) in [4.78, 5) is 5.56. The molecule has 3 rings (SSSR count). The zero-order valence-electron chi connectivity index (χ0n) is 9.70. The Morgan fingerprint density at radius 1 is 1.39 bits per heavy atom. The zero-order valence-corrected chi connectivity index (χ0v) is 12.1. The van der Waals surface area contributed by atoms with Crippen molar-refractivity contribution in [1.82, 2.24) is 4.98 Å². The quantitative estimate of drug-likeness (QED) is 0.940. The van der Waals surface area contributed by atoms with Crippen LogP contribution in [-0.4, -0.2) is 18.8 Å². The lowest BCUT2D eigenvalue weighted by molar-refractivity contribution is 0.174. The second-order valence-corrected chi connectivity index (χ2v) is 5.68. The predicted octanol–water partition coefficient (Wildman–Crippen LogP) is 3.27. The Labute approximate surface area is 117 Å². The second kappa shape index (κ2) is 4.78. The van der Waals surface area contributed by atoms with E-state index in [0.29, 0.717) is 6.79 Å². The highest BCUT2D eigenvalue weighted by Crippen LogP contribution is 2.35. The number of aromatic nitrogens is 1. The van der Waals surface area contributed by atoms with Crippen LogP contribution in [0.25, 0.3) is 0 Å². The highest BCUT2D eigenvalue weighted by molar-refractivity contribution is 9.10. The maximum Gasteiger partial charge on any atom is 0.231 e. The van der Waals surface area contributed by atoms with Gasteiger partial charge in [-0.3, -0.25) is 0 Å². The van der Waals surface area contributed by atoms with E-state index in [0.717, 1.165) is 27.7 Å². The van der Waals surface area contributed by atoms with Crippen molar-refractivity contribution in [1.29, 1.82) is 0 Å². The summed E-state index contributed by atoms with van der Waals surface area (Å²) < 4.78 is 11.6. The van der Waals surface area contributed by atoms with Crippen LogP contribution >= 0.6 is 27.3 Å². The van der Waals surface area contributed by atoms with Crippen LogP contribution in [-0.2, 0) is 6.42 Å². The molecule has 4 nitrogen and oxygen atoms in total. The third-order valence-corrected chi connectivity index (χ3v) is 4.66. The molecule has 0 bridgehead atoms. The number of nitrogens with zero attached hydrogens (tertiary/aromatic N) is 1. The molecule has 1 N–H and O–H groups in total. The summed E-state index contributed by atoms with van der Waals surface area (Å²) in [5, 5.41) is 3.96. The fraction of sp³-hybridized carbons (Fsp3) is 0.250. The SMILES string of the molecule is CNc1nc(Br)c(Cc2ccc3c(c2)OCO3)s1. The minimum Gasteiger partial charge on any atom is -0.454 e. The molecule has 0 saturated carbocycles. The van der Waals surface area contributed by atoms with Gasteiger partial charge in [-0.25, -0.2) is 4.98 Å². The van der Waals surface area contributed by atoms with E-state index in [4.69, 9.17) is 9.47 Å². The highest BCUT2D eigenvalue weighted by atomic mass is 79.9. The number of rotatable bonds is 3. The van der Waals surface area contributed by atoms with Gasteiger partial charge in [0.2, 0.25) is 6.79 Å². The Hall–Kier alpha value is -1.27. The molecule has 0 atom stereocenters. The number of thiazole rings is 1. The van der Waals surface area contributed by atoms with Crippen LogP contribution < -0.4 is 14.8 Å². The van der Waals surface area contributed by atoms with Crippen LogP contribution in [0.3, 0.4) is 0 Å². The van der Waals surface area contributed by atoms with Gasteiger partial charge in [-0.1, -0.05) is 6.07 Å². The largest absolute Gasteiger partial charge is 0.454 e. The number of fused-ring (bicyclic) bond motifs is 1. The van der Waals surface area contributed by atoms with Crippen LogP contribution in [0.1, 0.15) is 10.4 Å². The smallest absolute Gasteiger partial charge is 0.231 e. The van der Waals surface area contributed by atoms with Crippen molar-refractivity contribution < 1.29 is 9.47 Å². The molecule has 1 aromatic heterocycles. The second-order valence-electron chi connectivity index (χ2n) is 3.85. The normalized spacial score (nSPS) is 12.8. The summed E-state index contributed by atoms with van der Waals surface area (Å²) in [7, 11) is 1.87. The summed E-state index contributed by atoms with van der Waals surface area (Å²) >= 11 is 5.13. The molecule has 94 valence electrons. The topological polar surface area (TPSA) is 43.4 Å². The summed E-state index contributed by atoms with van der Waals surface area (Å²) in [6.07, 6.45) is 0.830. The molecule has 0 unspecified atom stereocenters. The molecule has 2 aromatic rings. The van der Waals surface area contributed by atoms with Crippen molar-refractivity contribution in [3.8, 4) is 11.5 Å². The number of benzene rings is 1. The van der Waals surface area contributed by atoms with E-state index in [9.17, 15) is 0 Å². The lowest BCUT2D eigenvalue weighted by Crippen LogP contribution is -1.93. The number of hydrogen-bond acceptors (Lipinski definition) is 5. The fourth-order valence-electron chi connectivity index (χ4n) is 1.79. The molecule has 18 heavy (non-hydrogen) atoms. The van der Waals surface area contributed by atoms with Gasteiger partial charge in [0.05, 0.1) is 0 Å². The van der Waals surface area contributed by atoms with Gasteiger partial charge >= 0.3 is 0 Å². The number of ether oxygens (including phenoxy) is 2. The molecular formula is C12H11BrN2O2S. The third-order valence-electron chi connectivity index (χ3n) is 2.67. The van der Waals surface area contributed by atoms with Crippen molar-refractivity contribution >= 4 is 32.4 Å². The third kappa shape index (κ3) is 2.18. The van der Waals surface area contributed by atoms with Crippen molar-refractivity contribution in [3.63, 3.8) is 0 Å². The van der Waals surface area contributed by atoms with Gasteiger partial charge in [0.25, 0.3) is 0 Å². The molecule has 1 aliphatic rings. The molecule has 0 spiro atoms. The molecule has 6 heteroatoms. The first-order valence-corrected chi connectivity index (χ1v) is 7.08.